The molecule has 0 fully saturated rings. The maximum atomic E-state index is 13.2. The lowest BCUT2D eigenvalue weighted by atomic mass is 10.2. The smallest absolute Gasteiger partial charge is 0.311 e. The molecule has 0 spiro atoms. The normalized spacial score (nSPS) is 15.1. The van der Waals surface area contributed by atoms with Crippen LogP contribution in [-0.2, 0) is 13.3 Å². The molecule has 0 N–H and O–H groups in total. The maximum Gasteiger partial charge on any atom is 0.514 e. The van der Waals surface area contributed by atoms with E-state index in [1.54, 1.807) is 6.92 Å². The molecule has 0 saturated carbocycles. The van der Waals surface area contributed by atoms with Crippen molar-refractivity contribution in [3.8, 4) is 0 Å². The first-order chi connectivity index (χ1) is 12.7. The molecule has 0 unspecified atom stereocenters. The minimum absolute atomic E-state index is 0.162. The van der Waals surface area contributed by atoms with E-state index >= 15 is 0 Å². The van der Waals surface area contributed by atoms with E-state index in [4.69, 9.17) is 0 Å². The van der Waals surface area contributed by atoms with E-state index in [1.165, 1.54) is 0 Å². The second-order valence-electron chi connectivity index (χ2n) is 5.60. The molecular formula is C12H15F13O3Si. The molecule has 0 aliphatic heterocycles. The molecule has 0 aliphatic carbocycles. The van der Waals surface area contributed by atoms with E-state index in [1.807, 2.05) is 0 Å². The lowest BCUT2D eigenvalue weighted by molar-refractivity contribution is -0.405. The molecule has 0 rings (SSSR count). The van der Waals surface area contributed by atoms with E-state index in [9.17, 15) is 57.1 Å². The minimum atomic E-state index is -6.92. The molecular weight excluding hydrogens is 467 g/mol. The summed E-state index contributed by atoms with van der Waals surface area (Å²) in [6.07, 6.45) is -32.3. The Bertz CT molecular complexity index is 478. The van der Waals surface area contributed by atoms with E-state index in [2.05, 4.69) is 13.3 Å². The molecule has 0 aromatic rings. The van der Waals surface area contributed by atoms with Crippen LogP contribution in [-0.4, -0.2) is 46.2 Å². The van der Waals surface area contributed by atoms with Crippen LogP contribution in [0.15, 0.2) is 0 Å². The SMILES string of the molecule is CCCCCC[Si](OC(F)(F)CF)(OC(F)(F)C(F)(F)F)OC(F)(F)C(F)(F)F. The van der Waals surface area contributed by atoms with Gasteiger partial charge < -0.3 is 13.3 Å². The third-order valence-electron chi connectivity index (χ3n) is 3.02. The summed E-state index contributed by atoms with van der Waals surface area (Å²) in [5.41, 5.74) is 0. The van der Waals surface area contributed by atoms with Gasteiger partial charge in [-0.25, -0.2) is 4.39 Å². The van der Waals surface area contributed by atoms with Crippen LogP contribution in [0.25, 0.3) is 0 Å². The molecule has 3 nitrogen and oxygen atoms in total. The van der Waals surface area contributed by atoms with Gasteiger partial charge in [0.25, 0.3) is 0 Å². The molecule has 29 heavy (non-hydrogen) atoms. The molecule has 0 saturated heterocycles. The van der Waals surface area contributed by atoms with Gasteiger partial charge in [0.05, 0.1) is 0 Å². The third kappa shape index (κ3) is 8.45. The first-order valence-corrected chi connectivity index (χ1v) is 9.61. The Kier molecular flexibility index (Phi) is 9.28. The second kappa shape index (κ2) is 9.55. The van der Waals surface area contributed by atoms with Crippen molar-refractivity contribution in [2.45, 2.75) is 69.3 Å². The molecule has 0 aliphatic rings. The summed E-state index contributed by atoms with van der Waals surface area (Å²) in [7, 11) is -6.92. The van der Waals surface area contributed by atoms with Crippen molar-refractivity contribution in [2.75, 3.05) is 6.67 Å². The summed E-state index contributed by atoms with van der Waals surface area (Å²) < 4.78 is 175. The van der Waals surface area contributed by atoms with Gasteiger partial charge in [-0.05, 0) is 6.42 Å². The fourth-order valence-electron chi connectivity index (χ4n) is 1.74. The van der Waals surface area contributed by atoms with Crippen molar-refractivity contribution in [3.63, 3.8) is 0 Å². The van der Waals surface area contributed by atoms with Gasteiger partial charge in [0.2, 0.25) is 0 Å². The molecule has 17 heteroatoms. The first-order valence-electron chi connectivity index (χ1n) is 7.67. The Morgan fingerprint density at radius 2 is 1.03 bits per heavy atom. The molecule has 0 aromatic heterocycles. The number of hydrogen-bond donors (Lipinski definition) is 0. The predicted molar refractivity (Wildman–Crippen MR) is 70.9 cm³/mol. The molecule has 0 amide bonds. The van der Waals surface area contributed by atoms with Gasteiger partial charge >= 0.3 is 39.5 Å². The Morgan fingerprint density at radius 1 is 0.621 bits per heavy atom. The molecule has 176 valence electrons. The Hall–Kier alpha value is -0.813. The van der Waals surface area contributed by atoms with Crippen molar-refractivity contribution in [2.24, 2.45) is 0 Å². The predicted octanol–water partition coefficient (Wildman–Crippen LogP) is 6.43. The van der Waals surface area contributed by atoms with Crippen LogP contribution < -0.4 is 0 Å². The van der Waals surface area contributed by atoms with Crippen molar-refractivity contribution >= 4 is 8.80 Å². The topological polar surface area (TPSA) is 27.7 Å². The highest BCUT2D eigenvalue weighted by atomic mass is 28.4. The third-order valence-corrected chi connectivity index (χ3v) is 5.73. The molecule has 0 atom stereocenters. The molecule has 0 aromatic carbocycles. The zero-order chi connectivity index (χ0) is 23.4. The maximum absolute atomic E-state index is 13.2. The molecule has 0 radical (unpaired) electrons. The fourth-order valence-corrected chi connectivity index (χ4v) is 4.38. The summed E-state index contributed by atoms with van der Waals surface area (Å²) in [5, 5.41) is 0. The summed E-state index contributed by atoms with van der Waals surface area (Å²) in [5.74, 6) is 0. The summed E-state index contributed by atoms with van der Waals surface area (Å²) in [6, 6.07) is -1.74. The second-order valence-corrected chi connectivity index (χ2v) is 8.08. The number of hydrogen-bond acceptors (Lipinski definition) is 3. The average molecular weight is 482 g/mol. The monoisotopic (exact) mass is 482 g/mol. The van der Waals surface area contributed by atoms with E-state index in [0.29, 0.717) is 6.42 Å². The average Bonchev–Trinajstić information content (AvgIpc) is 2.48. The van der Waals surface area contributed by atoms with Gasteiger partial charge in [-0.2, -0.15) is 52.7 Å². The van der Waals surface area contributed by atoms with Gasteiger partial charge in [-0.15, -0.1) is 0 Å². The Morgan fingerprint density at radius 3 is 1.34 bits per heavy atom. The van der Waals surface area contributed by atoms with Crippen molar-refractivity contribution < 1.29 is 70.4 Å². The Labute approximate surface area is 156 Å². The van der Waals surface area contributed by atoms with E-state index < -0.39 is 58.6 Å². The van der Waals surface area contributed by atoms with Crippen LogP contribution >= 0.6 is 0 Å². The van der Waals surface area contributed by atoms with Gasteiger partial charge in [0.1, 0.15) is 0 Å². The van der Waals surface area contributed by atoms with Crippen molar-refractivity contribution in [1.82, 2.24) is 0 Å². The molecule has 0 bridgehead atoms. The fraction of sp³-hybridized carbons (Fsp3) is 1.00. The van der Waals surface area contributed by atoms with Gasteiger partial charge in [0.15, 0.2) is 6.67 Å². The lowest BCUT2D eigenvalue weighted by Crippen LogP contribution is -2.62. The molecule has 0 heterocycles. The van der Waals surface area contributed by atoms with E-state index in [0.717, 1.165) is 0 Å². The van der Waals surface area contributed by atoms with Gasteiger partial charge in [-0.3, -0.25) is 0 Å². The number of halogens is 13. The van der Waals surface area contributed by atoms with Crippen LogP contribution in [0, 0.1) is 0 Å². The van der Waals surface area contributed by atoms with Crippen molar-refractivity contribution in [3.05, 3.63) is 0 Å². The van der Waals surface area contributed by atoms with Crippen LogP contribution in [0.2, 0.25) is 6.04 Å². The van der Waals surface area contributed by atoms with Crippen LogP contribution in [0.3, 0.4) is 0 Å². The van der Waals surface area contributed by atoms with E-state index in [-0.39, 0.29) is 12.8 Å². The van der Waals surface area contributed by atoms with Gasteiger partial charge in [0, 0.05) is 6.04 Å². The summed E-state index contributed by atoms with van der Waals surface area (Å²) in [6.45, 7) is -1.42. The van der Waals surface area contributed by atoms with Crippen LogP contribution in [0.4, 0.5) is 57.1 Å². The summed E-state index contributed by atoms with van der Waals surface area (Å²) in [4.78, 5) is 0. The zero-order valence-electron chi connectivity index (χ0n) is 14.4. The standard InChI is InChI=1S/C12H15F13O3Si/c1-2-3-4-5-6-29(26-8(14,15)7-13,27-11(22,23)9(16,17)18)28-12(24,25)10(19,20)21/h2-7H2,1H3. The number of alkyl halides is 13. The number of unbranched alkanes of at least 4 members (excludes halogenated alkanes) is 3. The van der Waals surface area contributed by atoms with Gasteiger partial charge in [-0.1, -0.05) is 26.2 Å². The largest absolute Gasteiger partial charge is 0.514 e. The summed E-state index contributed by atoms with van der Waals surface area (Å²) >= 11 is 0. The van der Waals surface area contributed by atoms with Crippen molar-refractivity contribution in [1.29, 1.82) is 0 Å². The Balaban J connectivity index is 6.24. The lowest BCUT2D eigenvalue weighted by Gasteiger charge is -2.37. The highest BCUT2D eigenvalue weighted by molar-refractivity contribution is 6.61. The zero-order valence-corrected chi connectivity index (χ0v) is 15.4. The highest BCUT2D eigenvalue weighted by Crippen LogP contribution is 2.46. The quantitative estimate of drug-likeness (QED) is 0.182. The first kappa shape index (κ1) is 28.2. The minimum Gasteiger partial charge on any atom is -0.311 e. The number of rotatable bonds is 12. The van der Waals surface area contributed by atoms with Crippen LogP contribution in [0.5, 0.6) is 0 Å². The highest BCUT2D eigenvalue weighted by Gasteiger charge is 2.71. The van der Waals surface area contributed by atoms with Crippen LogP contribution in [0.1, 0.15) is 32.6 Å².